The van der Waals surface area contributed by atoms with Crippen molar-refractivity contribution < 1.29 is 40.5 Å². The van der Waals surface area contributed by atoms with Crippen molar-refractivity contribution >= 4 is 11.6 Å². The number of rotatable bonds is 2. The number of halogens is 8. The number of hydrogen-bond donors (Lipinski definition) is 0. The van der Waals surface area contributed by atoms with Gasteiger partial charge in [-0.1, -0.05) is 0 Å². The molecule has 0 N–H and O–H groups in total. The van der Waals surface area contributed by atoms with Crippen LogP contribution in [0.25, 0.3) is 0 Å². The molecule has 1 rings (SSSR count). The molecule has 1 heterocycles. The van der Waals surface area contributed by atoms with E-state index in [1.54, 1.807) is 0 Å². The summed E-state index contributed by atoms with van der Waals surface area (Å²) in [5.74, 6) is -5.01. The van der Waals surface area contributed by atoms with Gasteiger partial charge in [-0.2, -0.15) is 31.3 Å². The largest absolute Gasteiger partial charge is 0.410 e. The van der Waals surface area contributed by atoms with Gasteiger partial charge in [0.25, 0.3) is 0 Å². The quantitative estimate of drug-likeness (QED) is 0.570. The second-order valence-electron chi connectivity index (χ2n) is 3.15. The van der Waals surface area contributed by atoms with Crippen LogP contribution < -0.4 is 0 Å². The van der Waals surface area contributed by atoms with Crippen molar-refractivity contribution in [1.29, 1.82) is 0 Å². The zero-order chi connectivity index (χ0) is 12.8. The van der Waals surface area contributed by atoms with Crippen LogP contribution in [0.1, 0.15) is 0 Å². The molecule has 96 valence electrons. The van der Waals surface area contributed by atoms with Crippen LogP contribution in [0, 0.1) is 5.41 Å². The standard InChI is InChI=1S/C6H4ClF7O2/c7-1-4(16-14)3(2-15-4,5(8,9)10)6(11,12)13/h1-2H2. The van der Waals surface area contributed by atoms with Crippen LogP contribution in [-0.4, -0.2) is 30.6 Å². The Kier molecular flexibility index (Phi) is 3.11. The predicted octanol–water partition coefficient (Wildman–Crippen LogP) is 2.96. The molecule has 0 radical (unpaired) electrons. The summed E-state index contributed by atoms with van der Waals surface area (Å²) in [6, 6.07) is 0. The molecule has 1 saturated heterocycles. The second kappa shape index (κ2) is 3.61. The molecular formula is C6H4ClF7O2. The molecule has 0 aromatic rings. The zero-order valence-corrected chi connectivity index (χ0v) is 8.01. The molecule has 0 amide bonds. The molecular weight excluding hydrogens is 273 g/mol. The minimum atomic E-state index is -5.79. The van der Waals surface area contributed by atoms with Gasteiger partial charge in [-0.15, -0.1) is 11.6 Å². The molecule has 0 spiro atoms. The first-order chi connectivity index (χ1) is 7.08. The van der Waals surface area contributed by atoms with E-state index >= 15 is 0 Å². The maximum absolute atomic E-state index is 12.4. The summed E-state index contributed by atoms with van der Waals surface area (Å²) in [5.41, 5.74) is -4.44. The van der Waals surface area contributed by atoms with Crippen LogP contribution in [0.4, 0.5) is 30.9 Å². The van der Waals surface area contributed by atoms with Gasteiger partial charge in [-0.05, 0) is 4.53 Å². The van der Waals surface area contributed by atoms with Gasteiger partial charge in [0.05, 0.1) is 12.5 Å². The molecule has 1 aliphatic heterocycles. The molecule has 0 saturated carbocycles. The Bertz CT molecular complexity index is 250. The average molecular weight is 277 g/mol. The van der Waals surface area contributed by atoms with E-state index in [1.165, 1.54) is 0 Å². The molecule has 2 nitrogen and oxygen atoms in total. The fourth-order valence-corrected chi connectivity index (χ4v) is 1.74. The molecule has 10 heteroatoms. The first-order valence-corrected chi connectivity index (χ1v) is 4.24. The lowest BCUT2D eigenvalue weighted by Crippen LogP contribution is -2.77. The number of alkyl halides is 7. The van der Waals surface area contributed by atoms with Crippen LogP contribution in [0.15, 0.2) is 0 Å². The highest BCUT2D eigenvalue weighted by molar-refractivity contribution is 6.18. The maximum atomic E-state index is 12.4. The first kappa shape index (κ1) is 13.8. The van der Waals surface area contributed by atoms with Crippen LogP contribution in [-0.2, 0) is 9.68 Å². The summed E-state index contributed by atoms with van der Waals surface area (Å²) in [6.45, 7) is -1.78. The minimum absolute atomic E-state index is 1.44. The fraction of sp³-hybridized carbons (Fsp3) is 1.00. The number of ether oxygens (including phenoxy) is 1. The smallest absolute Gasteiger partial charge is 0.344 e. The van der Waals surface area contributed by atoms with E-state index in [0.29, 0.717) is 0 Å². The Balaban J connectivity index is 3.29. The Morgan fingerprint density at radius 3 is 1.62 bits per heavy atom. The van der Waals surface area contributed by atoms with Crippen molar-refractivity contribution in [3.8, 4) is 0 Å². The summed E-state index contributed by atoms with van der Waals surface area (Å²) in [4.78, 5) is 2.70. The van der Waals surface area contributed by atoms with E-state index in [9.17, 15) is 30.9 Å². The van der Waals surface area contributed by atoms with Crippen LogP contribution in [0.2, 0.25) is 0 Å². The first-order valence-electron chi connectivity index (χ1n) is 3.71. The monoisotopic (exact) mass is 276 g/mol. The van der Waals surface area contributed by atoms with Gasteiger partial charge in [-0.3, -0.25) is 0 Å². The summed E-state index contributed by atoms with van der Waals surface area (Å²) < 4.78 is 90.3. The van der Waals surface area contributed by atoms with E-state index in [1.807, 2.05) is 0 Å². The van der Waals surface area contributed by atoms with Gasteiger partial charge >= 0.3 is 12.4 Å². The van der Waals surface area contributed by atoms with Gasteiger partial charge in [0, 0.05) is 0 Å². The zero-order valence-electron chi connectivity index (χ0n) is 7.25. The maximum Gasteiger partial charge on any atom is 0.410 e. The van der Waals surface area contributed by atoms with Gasteiger partial charge in [0.1, 0.15) is 0 Å². The third-order valence-electron chi connectivity index (χ3n) is 2.44. The molecule has 0 aliphatic carbocycles. The van der Waals surface area contributed by atoms with Crippen LogP contribution in [0.5, 0.6) is 0 Å². The molecule has 16 heavy (non-hydrogen) atoms. The van der Waals surface area contributed by atoms with Crippen LogP contribution >= 0.6 is 11.6 Å². The summed E-state index contributed by atoms with van der Waals surface area (Å²) >= 11 is 4.87. The van der Waals surface area contributed by atoms with E-state index < -0.39 is 36.0 Å². The molecule has 0 bridgehead atoms. The lowest BCUT2D eigenvalue weighted by atomic mass is 9.74. The van der Waals surface area contributed by atoms with Crippen molar-refractivity contribution in [2.45, 2.75) is 18.1 Å². The minimum Gasteiger partial charge on any atom is -0.344 e. The normalized spacial score (nSPS) is 30.0. The van der Waals surface area contributed by atoms with Gasteiger partial charge < -0.3 is 4.74 Å². The molecule has 1 aliphatic rings. The van der Waals surface area contributed by atoms with Crippen molar-refractivity contribution in [3.05, 3.63) is 0 Å². The Morgan fingerprint density at radius 1 is 1.12 bits per heavy atom. The second-order valence-corrected chi connectivity index (χ2v) is 3.42. The van der Waals surface area contributed by atoms with E-state index in [-0.39, 0.29) is 0 Å². The molecule has 0 aromatic carbocycles. The van der Waals surface area contributed by atoms with Crippen molar-refractivity contribution in [3.63, 3.8) is 0 Å². The lowest BCUT2D eigenvalue weighted by molar-refractivity contribution is -0.542. The Morgan fingerprint density at radius 2 is 1.56 bits per heavy atom. The summed E-state index contributed by atoms with van der Waals surface area (Å²) in [7, 11) is 0. The molecule has 1 atom stereocenters. The Labute approximate surface area is 89.1 Å². The summed E-state index contributed by atoms with van der Waals surface area (Å²) in [6.07, 6.45) is -11.6. The van der Waals surface area contributed by atoms with Crippen molar-refractivity contribution in [2.75, 3.05) is 12.5 Å². The van der Waals surface area contributed by atoms with Crippen molar-refractivity contribution in [1.82, 2.24) is 0 Å². The van der Waals surface area contributed by atoms with Gasteiger partial charge in [0.2, 0.25) is 11.2 Å². The summed E-state index contributed by atoms with van der Waals surface area (Å²) in [5, 5.41) is 0. The third kappa shape index (κ3) is 1.41. The average Bonchev–Trinajstić information content (AvgIpc) is 1.99. The van der Waals surface area contributed by atoms with Gasteiger partial charge in [0.15, 0.2) is 0 Å². The highest BCUT2D eigenvalue weighted by Gasteiger charge is 2.87. The van der Waals surface area contributed by atoms with Crippen LogP contribution in [0.3, 0.4) is 0 Å². The van der Waals surface area contributed by atoms with E-state index in [0.717, 1.165) is 0 Å². The predicted molar refractivity (Wildman–Crippen MR) is 36.1 cm³/mol. The van der Waals surface area contributed by atoms with E-state index in [4.69, 9.17) is 11.6 Å². The third-order valence-corrected chi connectivity index (χ3v) is 2.79. The lowest BCUT2D eigenvalue weighted by Gasteiger charge is -2.54. The topological polar surface area (TPSA) is 18.5 Å². The SMILES string of the molecule is FOC1(CCl)OCC1(C(F)(F)F)C(F)(F)F. The molecule has 0 aromatic heterocycles. The van der Waals surface area contributed by atoms with Crippen molar-refractivity contribution in [2.24, 2.45) is 5.41 Å². The number of hydrogen-bond acceptors (Lipinski definition) is 2. The molecule has 1 fully saturated rings. The van der Waals surface area contributed by atoms with E-state index in [2.05, 4.69) is 9.68 Å². The highest BCUT2D eigenvalue weighted by Crippen LogP contribution is 2.64. The fourth-order valence-electron chi connectivity index (χ4n) is 1.40. The highest BCUT2D eigenvalue weighted by atomic mass is 35.5. The Hall–Kier alpha value is -0.280. The van der Waals surface area contributed by atoms with Gasteiger partial charge in [-0.25, -0.2) is 0 Å². The molecule has 1 unspecified atom stereocenters.